The molecule has 0 amide bonds. The minimum Gasteiger partial charge on any atom is -0.405 e. The molecule has 0 radical (unpaired) electrons. The second-order valence-electron chi connectivity index (χ2n) is 4.85. The second-order valence-corrected chi connectivity index (χ2v) is 4.85. The fraction of sp³-hybridized carbons (Fsp3) is 0.600. The van der Waals surface area contributed by atoms with E-state index in [-0.39, 0.29) is 11.3 Å². The summed E-state index contributed by atoms with van der Waals surface area (Å²) in [4.78, 5) is 0. The topological polar surface area (TPSA) is 21.3 Å². The van der Waals surface area contributed by atoms with Gasteiger partial charge in [-0.3, -0.25) is 0 Å². The zero-order chi connectivity index (χ0) is 15.2. The molecule has 0 bridgehead atoms. The summed E-state index contributed by atoms with van der Waals surface area (Å²) in [7, 11) is 0. The maximum atomic E-state index is 12.4. The van der Waals surface area contributed by atoms with Gasteiger partial charge in [-0.15, -0.1) is 13.2 Å². The Labute approximate surface area is 118 Å². The highest BCUT2D eigenvalue weighted by atomic mass is 19.4. The number of rotatable bonds is 7. The quantitative estimate of drug-likeness (QED) is 0.789. The lowest BCUT2D eigenvalue weighted by Crippen LogP contribution is -2.43. The van der Waals surface area contributed by atoms with Crippen molar-refractivity contribution in [1.29, 1.82) is 0 Å². The molecule has 1 N–H and O–H groups in total. The van der Waals surface area contributed by atoms with Crippen LogP contribution in [0.25, 0.3) is 0 Å². The molecule has 0 aliphatic rings. The zero-order valence-corrected chi connectivity index (χ0v) is 12.2. The molecule has 0 saturated carbocycles. The molecule has 1 aromatic carbocycles. The van der Waals surface area contributed by atoms with E-state index in [1.807, 2.05) is 0 Å². The van der Waals surface area contributed by atoms with Crippen molar-refractivity contribution >= 4 is 0 Å². The number of hydrogen-bond acceptors (Lipinski definition) is 2. The van der Waals surface area contributed by atoms with Crippen LogP contribution >= 0.6 is 0 Å². The Morgan fingerprint density at radius 2 is 1.55 bits per heavy atom. The Morgan fingerprint density at radius 1 is 1.00 bits per heavy atom. The van der Waals surface area contributed by atoms with Crippen LogP contribution in [0.2, 0.25) is 0 Å². The van der Waals surface area contributed by atoms with Gasteiger partial charge in [0, 0.05) is 17.6 Å². The number of hydrogen-bond donors (Lipinski definition) is 1. The van der Waals surface area contributed by atoms with Crippen molar-refractivity contribution in [3.05, 3.63) is 29.8 Å². The van der Waals surface area contributed by atoms with Crippen molar-refractivity contribution in [3.8, 4) is 5.75 Å². The van der Waals surface area contributed by atoms with Crippen molar-refractivity contribution < 1.29 is 17.9 Å². The van der Waals surface area contributed by atoms with Crippen molar-refractivity contribution in [2.45, 2.75) is 58.5 Å². The Bertz CT molecular complexity index is 406. The van der Waals surface area contributed by atoms with Crippen LogP contribution in [-0.2, 0) is 6.54 Å². The molecule has 1 rings (SSSR count). The van der Waals surface area contributed by atoms with E-state index in [1.54, 1.807) is 12.1 Å². The molecule has 0 aliphatic heterocycles. The number of ether oxygens (including phenoxy) is 1. The average Bonchev–Trinajstić information content (AvgIpc) is 2.41. The molecule has 20 heavy (non-hydrogen) atoms. The molecule has 2 nitrogen and oxygen atoms in total. The molecular formula is C15H22F3NO. The summed E-state index contributed by atoms with van der Waals surface area (Å²) in [6.45, 7) is 6.61. The van der Waals surface area contributed by atoms with Gasteiger partial charge in [0.2, 0.25) is 0 Å². The smallest absolute Gasteiger partial charge is 0.405 e. The van der Waals surface area contributed by atoms with Crippen LogP contribution in [-0.4, -0.2) is 11.9 Å². The van der Waals surface area contributed by atoms with Crippen LogP contribution in [0.1, 0.15) is 45.6 Å². The maximum Gasteiger partial charge on any atom is 0.573 e. The lowest BCUT2D eigenvalue weighted by molar-refractivity contribution is -0.274. The van der Waals surface area contributed by atoms with E-state index >= 15 is 0 Å². The summed E-state index contributed by atoms with van der Waals surface area (Å²) in [5, 5.41) is 3.38. The molecule has 114 valence electrons. The van der Waals surface area contributed by atoms with Crippen LogP contribution < -0.4 is 10.1 Å². The summed E-state index contributed by atoms with van der Waals surface area (Å²) in [5.74, 6) is -0.135. The monoisotopic (exact) mass is 289 g/mol. The molecular weight excluding hydrogens is 267 g/mol. The van der Waals surface area contributed by atoms with Gasteiger partial charge in [-0.2, -0.15) is 0 Å². The zero-order valence-electron chi connectivity index (χ0n) is 12.2. The SMILES string of the molecule is CCC(CC)(CC)NCc1ccccc1OC(F)(F)F. The number of halogens is 3. The fourth-order valence-corrected chi connectivity index (χ4v) is 2.28. The van der Waals surface area contributed by atoms with E-state index in [1.165, 1.54) is 12.1 Å². The predicted octanol–water partition coefficient (Wildman–Crippen LogP) is 4.64. The first-order valence-electron chi connectivity index (χ1n) is 6.94. The Hall–Kier alpha value is -1.23. The summed E-state index contributed by atoms with van der Waals surface area (Å²) >= 11 is 0. The molecule has 1 aromatic rings. The van der Waals surface area contributed by atoms with Gasteiger partial charge < -0.3 is 10.1 Å². The first-order chi connectivity index (χ1) is 9.36. The van der Waals surface area contributed by atoms with E-state index in [9.17, 15) is 13.2 Å². The number of benzene rings is 1. The lowest BCUT2D eigenvalue weighted by atomic mass is 9.89. The summed E-state index contributed by atoms with van der Waals surface area (Å²) in [5.41, 5.74) is 0.482. The molecule has 5 heteroatoms. The molecule has 0 saturated heterocycles. The van der Waals surface area contributed by atoms with Crippen LogP contribution in [0.5, 0.6) is 5.75 Å². The predicted molar refractivity (Wildman–Crippen MR) is 73.6 cm³/mol. The Kier molecular flexibility index (Phi) is 5.87. The summed E-state index contributed by atoms with van der Waals surface area (Å²) in [6.07, 6.45) is -1.86. The first-order valence-corrected chi connectivity index (χ1v) is 6.94. The molecule has 0 atom stereocenters. The lowest BCUT2D eigenvalue weighted by Gasteiger charge is -2.32. The van der Waals surface area contributed by atoms with Gasteiger partial charge in [0.25, 0.3) is 0 Å². The Balaban J connectivity index is 2.82. The van der Waals surface area contributed by atoms with Crippen molar-refractivity contribution in [2.75, 3.05) is 0 Å². The molecule has 0 fully saturated rings. The van der Waals surface area contributed by atoms with Crippen molar-refractivity contribution in [1.82, 2.24) is 5.32 Å². The van der Waals surface area contributed by atoms with Gasteiger partial charge in [-0.1, -0.05) is 39.0 Å². The average molecular weight is 289 g/mol. The van der Waals surface area contributed by atoms with Crippen LogP contribution in [0, 0.1) is 0 Å². The molecule has 0 aromatic heterocycles. The van der Waals surface area contributed by atoms with Gasteiger partial charge in [0.05, 0.1) is 0 Å². The molecule has 0 aliphatic carbocycles. The second kappa shape index (κ2) is 6.97. The number of nitrogens with one attached hydrogen (secondary N) is 1. The molecule has 0 spiro atoms. The highest BCUT2D eigenvalue weighted by Crippen LogP contribution is 2.27. The van der Waals surface area contributed by atoms with E-state index in [2.05, 4.69) is 30.8 Å². The standard InChI is InChI=1S/C15H22F3NO/c1-4-14(5-2,6-3)19-11-12-9-7-8-10-13(12)20-15(16,17)18/h7-10,19H,4-6,11H2,1-3H3. The van der Waals surface area contributed by atoms with Gasteiger partial charge >= 0.3 is 6.36 Å². The third-order valence-corrected chi connectivity index (χ3v) is 3.88. The van der Waals surface area contributed by atoms with E-state index < -0.39 is 6.36 Å². The van der Waals surface area contributed by atoms with E-state index in [0.717, 1.165) is 19.3 Å². The van der Waals surface area contributed by atoms with Gasteiger partial charge in [-0.25, -0.2) is 0 Å². The molecule has 0 heterocycles. The van der Waals surface area contributed by atoms with Crippen molar-refractivity contribution in [2.24, 2.45) is 0 Å². The number of alkyl halides is 3. The van der Waals surface area contributed by atoms with E-state index in [4.69, 9.17) is 0 Å². The summed E-state index contributed by atoms with van der Waals surface area (Å²) in [6, 6.07) is 6.25. The first kappa shape index (κ1) is 16.8. The largest absolute Gasteiger partial charge is 0.573 e. The number of para-hydroxylation sites is 1. The van der Waals surface area contributed by atoms with Gasteiger partial charge in [0.15, 0.2) is 0 Å². The minimum absolute atomic E-state index is 0.0364. The third-order valence-electron chi connectivity index (χ3n) is 3.88. The summed E-state index contributed by atoms with van der Waals surface area (Å²) < 4.78 is 41.1. The molecule has 0 unspecified atom stereocenters. The maximum absolute atomic E-state index is 12.4. The van der Waals surface area contributed by atoms with Crippen LogP contribution in [0.3, 0.4) is 0 Å². The third kappa shape index (κ3) is 4.71. The highest BCUT2D eigenvalue weighted by molar-refractivity contribution is 5.33. The van der Waals surface area contributed by atoms with Crippen molar-refractivity contribution in [3.63, 3.8) is 0 Å². The van der Waals surface area contributed by atoms with Crippen LogP contribution in [0.15, 0.2) is 24.3 Å². The Morgan fingerprint density at radius 3 is 2.05 bits per heavy atom. The minimum atomic E-state index is -4.66. The van der Waals surface area contributed by atoms with Gasteiger partial charge in [-0.05, 0) is 25.3 Å². The normalized spacial score (nSPS) is 12.5. The van der Waals surface area contributed by atoms with Gasteiger partial charge in [0.1, 0.15) is 5.75 Å². The highest BCUT2D eigenvalue weighted by Gasteiger charge is 2.32. The van der Waals surface area contributed by atoms with E-state index in [0.29, 0.717) is 12.1 Å². The van der Waals surface area contributed by atoms with Crippen LogP contribution in [0.4, 0.5) is 13.2 Å². The fourth-order valence-electron chi connectivity index (χ4n) is 2.28.